The van der Waals surface area contributed by atoms with Gasteiger partial charge in [-0.3, -0.25) is 9.59 Å². The molecule has 0 aromatic heterocycles. The molecule has 5 nitrogen and oxygen atoms in total. The molecule has 92 valence electrons. The van der Waals surface area contributed by atoms with Gasteiger partial charge in [0, 0.05) is 12.6 Å². The third-order valence-corrected chi connectivity index (χ3v) is 2.37. The van der Waals surface area contributed by atoms with Crippen molar-refractivity contribution >= 4 is 11.9 Å². The van der Waals surface area contributed by atoms with E-state index in [0.29, 0.717) is 11.3 Å². The Kier molecular flexibility index (Phi) is 4.09. The number of ether oxygens (including phenoxy) is 1. The largest absolute Gasteiger partial charge is 0.496 e. The number of carbonyl (C=O) groups is 2. The predicted molar refractivity (Wildman–Crippen MR) is 62.3 cm³/mol. The number of carboxylic acids is 1. The molecule has 0 atom stereocenters. The summed E-state index contributed by atoms with van der Waals surface area (Å²) >= 11 is 0. The van der Waals surface area contributed by atoms with Crippen LogP contribution in [0.25, 0.3) is 0 Å². The molecule has 5 heteroatoms. The second-order valence-corrected chi connectivity index (χ2v) is 3.74. The summed E-state index contributed by atoms with van der Waals surface area (Å²) in [4.78, 5) is 23.5. The molecule has 1 aromatic carbocycles. The number of benzene rings is 1. The topological polar surface area (TPSA) is 66.8 Å². The van der Waals surface area contributed by atoms with Gasteiger partial charge in [0.2, 0.25) is 0 Å². The second kappa shape index (κ2) is 5.34. The minimum absolute atomic E-state index is 0.324. The summed E-state index contributed by atoms with van der Waals surface area (Å²) in [5, 5.41) is 8.61. The van der Waals surface area contributed by atoms with Gasteiger partial charge in [0.1, 0.15) is 12.3 Å². The molecule has 0 aliphatic rings. The summed E-state index contributed by atoms with van der Waals surface area (Å²) in [5.74, 6) is -0.773. The van der Waals surface area contributed by atoms with Crippen LogP contribution in [0.1, 0.15) is 15.9 Å². The summed E-state index contributed by atoms with van der Waals surface area (Å²) < 4.78 is 5.11. The molecule has 0 aliphatic carbocycles. The quantitative estimate of drug-likeness (QED) is 0.853. The van der Waals surface area contributed by atoms with E-state index < -0.39 is 5.97 Å². The van der Waals surface area contributed by atoms with Crippen molar-refractivity contribution in [2.45, 2.75) is 6.92 Å². The molecule has 1 rings (SSSR count). The fourth-order valence-corrected chi connectivity index (χ4v) is 1.45. The Morgan fingerprint density at radius 2 is 2.06 bits per heavy atom. The molecule has 0 heterocycles. The first-order valence-electron chi connectivity index (χ1n) is 5.07. The second-order valence-electron chi connectivity index (χ2n) is 3.74. The summed E-state index contributed by atoms with van der Waals surface area (Å²) in [5.41, 5.74) is 1.33. The fourth-order valence-electron chi connectivity index (χ4n) is 1.45. The zero-order valence-corrected chi connectivity index (χ0v) is 10.1. The Labute approximate surface area is 99.6 Å². The van der Waals surface area contributed by atoms with Crippen LogP contribution in [-0.4, -0.2) is 42.6 Å². The van der Waals surface area contributed by atoms with Crippen LogP contribution < -0.4 is 4.74 Å². The maximum atomic E-state index is 11.9. The number of likely N-dealkylation sites (N-methyl/N-ethyl adjacent to an activating group) is 1. The van der Waals surface area contributed by atoms with E-state index in [1.54, 1.807) is 18.2 Å². The summed E-state index contributed by atoms with van der Waals surface area (Å²) in [6.07, 6.45) is 0. The third kappa shape index (κ3) is 3.21. The maximum Gasteiger partial charge on any atom is 0.323 e. The number of methoxy groups -OCH3 is 1. The van der Waals surface area contributed by atoms with Gasteiger partial charge in [-0.2, -0.15) is 0 Å². The number of aryl methyl sites for hydroxylation is 1. The van der Waals surface area contributed by atoms with Gasteiger partial charge in [0.25, 0.3) is 5.91 Å². The minimum atomic E-state index is -1.04. The van der Waals surface area contributed by atoms with E-state index in [1.165, 1.54) is 14.2 Å². The molecule has 0 spiro atoms. The average molecular weight is 237 g/mol. The number of hydrogen-bond donors (Lipinski definition) is 1. The van der Waals surface area contributed by atoms with Crippen LogP contribution in [-0.2, 0) is 4.79 Å². The Morgan fingerprint density at radius 3 is 2.59 bits per heavy atom. The summed E-state index contributed by atoms with van der Waals surface area (Å²) in [6.45, 7) is 1.54. The number of rotatable bonds is 4. The number of hydrogen-bond acceptors (Lipinski definition) is 3. The van der Waals surface area contributed by atoms with E-state index in [-0.39, 0.29) is 12.5 Å². The van der Waals surface area contributed by atoms with E-state index in [2.05, 4.69) is 0 Å². The highest BCUT2D eigenvalue weighted by atomic mass is 16.5. The molecule has 0 saturated carbocycles. The van der Waals surface area contributed by atoms with Crippen molar-refractivity contribution in [3.8, 4) is 5.75 Å². The van der Waals surface area contributed by atoms with Crippen molar-refractivity contribution in [2.75, 3.05) is 20.7 Å². The number of amides is 1. The van der Waals surface area contributed by atoms with Crippen molar-refractivity contribution in [1.82, 2.24) is 4.90 Å². The Morgan fingerprint density at radius 1 is 1.41 bits per heavy atom. The molecule has 0 unspecified atom stereocenters. The Hall–Kier alpha value is -2.04. The lowest BCUT2D eigenvalue weighted by Crippen LogP contribution is -2.31. The first kappa shape index (κ1) is 13.0. The van der Waals surface area contributed by atoms with Gasteiger partial charge in [-0.15, -0.1) is 0 Å². The van der Waals surface area contributed by atoms with Crippen molar-refractivity contribution in [2.24, 2.45) is 0 Å². The Balaban J connectivity index is 2.92. The molecule has 0 bridgehead atoms. The van der Waals surface area contributed by atoms with Crippen molar-refractivity contribution < 1.29 is 19.4 Å². The van der Waals surface area contributed by atoms with Gasteiger partial charge in [-0.05, 0) is 24.6 Å². The smallest absolute Gasteiger partial charge is 0.323 e. The molecule has 0 radical (unpaired) electrons. The predicted octanol–water partition coefficient (Wildman–Crippen LogP) is 1.16. The van der Waals surface area contributed by atoms with Crippen molar-refractivity contribution in [3.05, 3.63) is 29.3 Å². The summed E-state index contributed by atoms with van der Waals surface area (Å²) in [7, 11) is 2.97. The summed E-state index contributed by atoms with van der Waals surface area (Å²) in [6, 6.07) is 5.02. The lowest BCUT2D eigenvalue weighted by atomic mass is 10.1. The molecule has 0 saturated heterocycles. The lowest BCUT2D eigenvalue weighted by molar-refractivity contribution is -0.137. The lowest BCUT2D eigenvalue weighted by Gasteiger charge is -2.15. The van der Waals surface area contributed by atoms with E-state index in [1.807, 2.05) is 6.92 Å². The number of aliphatic carboxylic acids is 1. The number of carboxylic acid groups (broad SMARTS) is 1. The maximum absolute atomic E-state index is 11.9. The molecule has 1 N–H and O–H groups in total. The zero-order valence-electron chi connectivity index (χ0n) is 10.1. The van der Waals surface area contributed by atoms with E-state index in [4.69, 9.17) is 9.84 Å². The van der Waals surface area contributed by atoms with E-state index in [9.17, 15) is 9.59 Å². The van der Waals surface area contributed by atoms with Crippen LogP contribution in [0.5, 0.6) is 5.75 Å². The van der Waals surface area contributed by atoms with Crippen LogP contribution in [0.2, 0.25) is 0 Å². The Bertz CT molecular complexity index is 442. The highest BCUT2D eigenvalue weighted by Gasteiger charge is 2.15. The van der Waals surface area contributed by atoms with Gasteiger partial charge >= 0.3 is 5.97 Å². The van der Waals surface area contributed by atoms with Crippen molar-refractivity contribution in [3.63, 3.8) is 0 Å². The number of nitrogens with zero attached hydrogens (tertiary/aromatic N) is 1. The highest BCUT2D eigenvalue weighted by Crippen LogP contribution is 2.19. The molecule has 0 aliphatic heterocycles. The normalized spacial score (nSPS) is 9.82. The monoisotopic (exact) mass is 237 g/mol. The molecular formula is C12H15NO4. The first-order chi connectivity index (χ1) is 7.95. The standard InChI is InChI=1S/C12H15NO4/c1-8-4-5-9(6-10(8)17-3)12(16)13(2)7-11(14)15/h4-6H,7H2,1-3H3,(H,14,15). The molecule has 1 aromatic rings. The van der Waals surface area contributed by atoms with Gasteiger partial charge in [0.05, 0.1) is 7.11 Å². The van der Waals surface area contributed by atoms with Gasteiger partial charge in [-0.1, -0.05) is 6.07 Å². The molecule has 1 amide bonds. The minimum Gasteiger partial charge on any atom is -0.496 e. The SMILES string of the molecule is COc1cc(C(=O)N(C)CC(=O)O)ccc1C. The van der Waals surface area contributed by atoms with Crippen LogP contribution in [0.3, 0.4) is 0 Å². The van der Waals surface area contributed by atoms with E-state index in [0.717, 1.165) is 10.5 Å². The molecular weight excluding hydrogens is 222 g/mol. The average Bonchev–Trinajstić information content (AvgIpc) is 2.27. The molecule has 0 fully saturated rings. The van der Waals surface area contributed by atoms with Crippen LogP contribution in [0, 0.1) is 6.92 Å². The van der Waals surface area contributed by atoms with Crippen molar-refractivity contribution in [1.29, 1.82) is 0 Å². The molecule has 17 heavy (non-hydrogen) atoms. The fraction of sp³-hybridized carbons (Fsp3) is 0.333. The van der Waals surface area contributed by atoms with Gasteiger partial charge < -0.3 is 14.7 Å². The van der Waals surface area contributed by atoms with Crippen LogP contribution in [0.4, 0.5) is 0 Å². The van der Waals surface area contributed by atoms with E-state index >= 15 is 0 Å². The highest BCUT2D eigenvalue weighted by molar-refractivity contribution is 5.96. The van der Waals surface area contributed by atoms with Crippen LogP contribution in [0.15, 0.2) is 18.2 Å². The first-order valence-corrected chi connectivity index (χ1v) is 5.07. The zero-order chi connectivity index (χ0) is 13.0. The third-order valence-electron chi connectivity index (χ3n) is 2.37. The number of carbonyl (C=O) groups excluding carboxylic acids is 1. The van der Waals surface area contributed by atoms with Gasteiger partial charge in [0.15, 0.2) is 0 Å². The van der Waals surface area contributed by atoms with Gasteiger partial charge in [-0.25, -0.2) is 0 Å². The van der Waals surface area contributed by atoms with Crippen LogP contribution >= 0.6 is 0 Å².